The van der Waals surface area contributed by atoms with Gasteiger partial charge in [-0.25, -0.2) is 0 Å². The van der Waals surface area contributed by atoms with Gasteiger partial charge < -0.3 is 25.8 Å². The van der Waals surface area contributed by atoms with Crippen LogP contribution in [0.2, 0.25) is 0 Å². The van der Waals surface area contributed by atoms with Gasteiger partial charge in [-0.1, -0.05) is 0 Å². The molecular formula is C8H14N2O7. The first-order valence-corrected chi connectivity index (χ1v) is 4.64. The Morgan fingerprint density at radius 1 is 1.06 bits per heavy atom. The normalized spacial score (nSPS) is 12.4. The van der Waals surface area contributed by atoms with E-state index in [0.29, 0.717) is 5.06 Å². The average molecular weight is 250 g/mol. The second-order valence-corrected chi connectivity index (χ2v) is 3.31. The minimum atomic E-state index is -1.28. The Hall–Kier alpha value is -1.71. The highest BCUT2D eigenvalue weighted by atomic mass is 16.5. The SMILES string of the molecule is O=C(O)CNC(CC(=O)O)CN(O)CC(=O)O. The third-order valence-electron chi connectivity index (χ3n) is 1.71. The molecule has 0 rings (SSSR count). The van der Waals surface area contributed by atoms with Crippen LogP contribution < -0.4 is 5.32 Å². The monoisotopic (exact) mass is 250 g/mol. The molecule has 0 spiro atoms. The molecule has 0 aliphatic heterocycles. The summed E-state index contributed by atoms with van der Waals surface area (Å²) >= 11 is 0. The summed E-state index contributed by atoms with van der Waals surface area (Å²) in [5.74, 6) is -3.64. The van der Waals surface area contributed by atoms with E-state index in [-0.39, 0.29) is 6.54 Å². The van der Waals surface area contributed by atoms with E-state index in [1.54, 1.807) is 0 Å². The lowest BCUT2D eigenvalue weighted by Gasteiger charge is -2.20. The van der Waals surface area contributed by atoms with Crippen molar-refractivity contribution in [2.24, 2.45) is 0 Å². The molecule has 0 fully saturated rings. The van der Waals surface area contributed by atoms with Crippen molar-refractivity contribution in [2.75, 3.05) is 19.6 Å². The minimum absolute atomic E-state index is 0.300. The van der Waals surface area contributed by atoms with Crippen LogP contribution >= 0.6 is 0 Å². The number of hydrogen-bond acceptors (Lipinski definition) is 6. The third-order valence-corrected chi connectivity index (χ3v) is 1.71. The fourth-order valence-electron chi connectivity index (χ4n) is 1.12. The standard InChI is InChI=1S/C8H14N2O7/c11-6(12)1-5(9-2-7(13)14)3-10(17)4-8(15)16/h5,9,17H,1-4H2,(H,11,12)(H,13,14)(H,15,16). The number of hydroxylamine groups is 2. The van der Waals surface area contributed by atoms with Gasteiger partial charge in [0.2, 0.25) is 0 Å². The van der Waals surface area contributed by atoms with Gasteiger partial charge in [0.15, 0.2) is 0 Å². The van der Waals surface area contributed by atoms with Crippen molar-refractivity contribution < 1.29 is 34.9 Å². The molecule has 0 saturated carbocycles. The van der Waals surface area contributed by atoms with Crippen LogP contribution in [0.25, 0.3) is 0 Å². The van der Waals surface area contributed by atoms with Gasteiger partial charge >= 0.3 is 17.9 Å². The molecule has 98 valence electrons. The van der Waals surface area contributed by atoms with E-state index in [4.69, 9.17) is 20.5 Å². The highest BCUT2D eigenvalue weighted by Crippen LogP contribution is 1.95. The number of carboxylic acids is 3. The Labute approximate surface area is 96.2 Å². The maximum Gasteiger partial charge on any atom is 0.320 e. The highest BCUT2D eigenvalue weighted by Gasteiger charge is 2.18. The van der Waals surface area contributed by atoms with Crippen molar-refractivity contribution in [3.05, 3.63) is 0 Å². The lowest BCUT2D eigenvalue weighted by atomic mass is 10.2. The van der Waals surface area contributed by atoms with Gasteiger partial charge in [-0.05, 0) is 0 Å². The zero-order valence-electron chi connectivity index (χ0n) is 8.87. The first-order valence-electron chi connectivity index (χ1n) is 4.64. The summed E-state index contributed by atoms with van der Waals surface area (Å²) in [5.41, 5.74) is 0. The van der Waals surface area contributed by atoms with Crippen LogP contribution in [0.15, 0.2) is 0 Å². The Bertz CT molecular complexity index is 294. The smallest absolute Gasteiger partial charge is 0.320 e. The molecule has 9 heteroatoms. The van der Waals surface area contributed by atoms with Gasteiger partial charge in [-0.3, -0.25) is 14.4 Å². The van der Waals surface area contributed by atoms with E-state index < -0.39 is 43.5 Å². The van der Waals surface area contributed by atoms with E-state index in [2.05, 4.69) is 5.32 Å². The zero-order valence-corrected chi connectivity index (χ0v) is 8.87. The van der Waals surface area contributed by atoms with Crippen molar-refractivity contribution in [1.29, 1.82) is 0 Å². The molecule has 0 amide bonds. The van der Waals surface area contributed by atoms with Gasteiger partial charge in [-0.2, -0.15) is 5.06 Å². The van der Waals surface area contributed by atoms with Crippen molar-refractivity contribution in [1.82, 2.24) is 10.4 Å². The highest BCUT2D eigenvalue weighted by molar-refractivity contribution is 5.70. The predicted octanol–water partition coefficient (Wildman–Crippen LogP) is -1.72. The molecule has 0 aromatic heterocycles. The van der Waals surface area contributed by atoms with Crippen LogP contribution in [0, 0.1) is 0 Å². The molecule has 0 aliphatic rings. The summed E-state index contributed by atoms with van der Waals surface area (Å²) in [6.07, 6.45) is -0.427. The van der Waals surface area contributed by atoms with Gasteiger partial charge in [-0.15, -0.1) is 0 Å². The predicted molar refractivity (Wildman–Crippen MR) is 52.7 cm³/mol. The average Bonchev–Trinajstić information content (AvgIpc) is 2.11. The maximum absolute atomic E-state index is 10.5. The molecule has 17 heavy (non-hydrogen) atoms. The van der Waals surface area contributed by atoms with Gasteiger partial charge in [0, 0.05) is 12.6 Å². The summed E-state index contributed by atoms with van der Waals surface area (Å²) in [6, 6.07) is -0.854. The molecule has 0 bridgehead atoms. The van der Waals surface area contributed by atoms with Crippen LogP contribution in [0.3, 0.4) is 0 Å². The Balaban J connectivity index is 4.21. The molecule has 1 unspecified atom stereocenters. The second kappa shape index (κ2) is 7.54. The van der Waals surface area contributed by atoms with E-state index >= 15 is 0 Å². The minimum Gasteiger partial charge on any atom is -0.481 e. The summed E-state index contributed by atoms with van der Waals surface area (Å²) in [6.45, 7) is -1.45. The summed E-state index contributed by atoms with van der Waals surface area (Å²) in [4.78, 5) is 31.0. The molecule has 1 atom stereocenters. The summed E-state index contributed by atoms with van der Waals surface area (Å²) in [7, 11) is 0. The Morgan fingerprint density at radius 2 is 1.65 bits per heavy atom. The second-order valence-electron chi connectivity index (χ2n) is 3.31. The van der Waals surface area contributed by atoms with Crippen molar-refractivity contribution in [3.8, 4) is 0 Å². The molecule has 0 aromatic carbocycles. The van der Waals surface area contributed by atoms with Crippen LogP contribution in [0.4, 0.5) is 0 Å². The fraction of sp³-hybridized carbons (Fsp3) is 0.625. The molecule has 0 heterocycles. The summed E-state index contributed by atoms with van der Waals surface area (Å²) in [5, 5.41) is 37.2. The lowest BCUT2D eigenvalue weighted by molar-refractivity contribution is -0.155. The van der Waals surface area contributed by atoms with Crippen LogP contribution in [-0.4, -0.2) is 69.2 Å². The summed E-state index contributed by atoms with van der Waals surface area (Å²) < 4.78 is 0. The lowest BCUT2D eigenvalue weighted by Crippen LogP contribution is -2.44. The van der Waals surface area contributed by atoms with Gasteiger partial charge in [0.25, 0.3) is 0 Å². The molecule has 0 radical (unpaired) electrons. The van der Waals surface area contributed by atoms with Crippen molar-refractivity contribution >= 4 is 17.9 Å². The first-order chi connectivity index (χ1) is 7.81. The van der Waals surface area contributed by atoms with Crippen LogP contribution in [0.5, 0.6) is 0 Å². The molecule has 9 nitrogen and oxygen atoms in total. The Kier molecular flexibility index (Phi) is 6.79. The molecule has 0 aromatic rings. The number of nitrogens with one attached hydrogen (secondary N) is 1. The third kappa shape index (κ3) is 9.23. The number of carbonyl (C=O) groups is 3. The Morgan fingerprint density at radius 3 is 2.06 bits per heavy atom. The molecule has 0 aliphatic carbocycles. The number of nitrogens with zero attached hydrogens (tertiary/aromatic N) is 1. The van der Waals surface area contributed by atoms with Gasteiger partial charge in [0.05, 0.1) is 13.0 Å². The van der Waals surface area contributed by atoms with Crippen molar-refractivity contribution in [3.63, 3.8) is 0 Å². The molecule has 5 N–H and O–H groups in total. The first kappa shape index (κ1) is 15.3. The maximum atomic E-state index is 10.5. The molecular weight excluding hydrogens is 236 g/mol. The topological polar surface area (TPSA) is 147 Å². The van der Waals surface area contributed by atoms with Gasteiger partial charge in [0.1, 0.15) is 6.54 Å². The number of rotatable bonds is 9. The molecule has 0 saturated heterocycles. The van der Waals surface area contributed by atoms with E-state index in [0.717, 1.165) is 0 Å². The quantitative estimate of drug-likeness (QED) is 0.301. The number of aliphatic carboxylic acids is 3. The number of carboxylic acid groups (broad SMARTS) is 3. The zero-order chi connectivity index (χ0) is 13.4. The number of hydrogen-bond donors (Lipinski definition) is 5. The largest absolute Gasteiger partial charge is 0.481 e. The van der Waals surface area contributed by atoms with Crippen molar-refractivity contribution in [2.45, 2.75) is 12.5 Å². The van der Waals surface area contributed by atoms with E-state index in [1.807, 2.05) is 0 Å². The van der Waals surface area contributed by atoms with Crippen LogP contribution in [-0.2, 0) is 14.4 Å². The fourth-order valence-corrected chi connectivity index (χ4v) is 1.12. The van der Waals surface area contributed by atoms with E-state index in [1.165, 1.54) is 0 Å². The van der Waals surface area contributed by atoms with E-state index in [9.17, 15) is 14.4 Å². The van der Waals surface area contributed by atoms with Crippen LogP contribution in [0.1, 0.15) is 6.42 Å².